The fraction of sp³-hybridized carbons (Fsp3) is 0.842. The molecule has 3 heteroatoms. The van der Waals surface area contributed by atoms with Crippen molar-refractivity contribution < 1.29 is 15.0 Å². The Hall–Kier alpha value is -0.670. The molecule has 0 radical (unpaired) electrons. The van der Waals surface area contributed by atoms with Crippen LogP contribution in [0.3, 0.4) is 0 Å². The molecule has 0 aromatic heterocycles. The summed E-state index contributed by atoms with van der Waals surface area (Å²) in [5.74, 6) is 1.31. The summed E-state index contributed by atoms with van der Waals surface area (Å²) in [5.41, 5.74) is -0.220. The van der Waals surface area contributed by atoms with Crippen molar-refractivity contribution in [2.24, 2.45) is 23.2 Å². The number of hydrogen-bond donors (Lipinski definition) is 2. The molecule has 3 aliphatic rings. The first-order valence-electron chi connectivity index (χ1n) is 9.08. The van der Waals surface area contributed by atoms with Crippen LogP contribution in [0.1, 0.15) is 64.7 Å². The second-order valence-electron chi connectivity index (χ2n) is 8.03. The normalized spacial score (nSPS) is 41.2. The Morgan fingerprint density at radius 2 is 2.00 bits per heavy atom. The van der Waals surface area contributed by atoms with E-state index in [1.165, 1.54) is 32.1 Å². The summed E-state index contributed by atoms with van der Waals surface area (Å²) in [4.78, 5) is 11.9. The van der Waals surface area contributed by atoms with Gasteiger partial charge in [0.1, 0.15) is 5.78 Å². The van der Waals surface area contributed by atoms with Crippen LogP contribution < -0.4 is 0 Å². The van der Waals surface area contributed by atoms with Crippen LogP contribution in [0, 0.1) is 23.2 Å². The highest BCUT2D eigenvalue weighted by Crippen LogP contribution is 2.55. The van der Waals surface area contributed by atoms with E-state index in [1.54, 1.807) is 0 Å². The number of carbonyl (C=O) groups excluding carboxylic acids is 1. The first kappa shape index (κ1) is 16.2. The summed E-state index contributed by atoms with van der Waals surface area (Å²) < 4.78 is 0. The van der Waals surface area contributed by atoms with E-state index in [0.29, 0.717) is 24.5 Å². The average Bonchev–Trinajstić information content (AvgIpc) is 2.51. The molecule has 0 amide bonds. The molecule has 0 unspecified atom stereocenters. The van der Waals surface area contributed by atoms with Crippen LogP contribution in [0.25, 0.3) is 0 Å². The molecule has 3 rings (SSSR count). The number of fused-ring (bicyclic) bond motifs is 1. The Kier molecular flexibility index (Phi) is 4.75. The van der Waals surface area contributed by atoms with Crippen molar-refractivity contribution in [3.05, 3.63) is 12.2 Å². The van der Waals surface area contributed by atoms with Crippen LogP contribution >= 0.6 is 0 Å². The second kappa shape index (κ2) is 6.45. The lowest BCUT2D eigenvalue weighted by Crippen LogP contribution is -2.56. The molecule has 0 aromatic rings. The molecule has 3 saturated carbocycles. The topological polar surface area (TPSA) is 57.5 Å². The lowest BCUT2D eigenvalue weighted by atomic mass is 9.50. The van der Waals surface area contributed by atoms with Crippen molar-refractivity contribution in [3.63, 3.8) is 0 Å². The van der Waals surface area contributed by atoms with Gasteiger partial charge in [-0.1, -0.05) is 51.2 Å². The Morgan fingerprint density at radius 3 is 2.68 bits per heavy atom. The van der Waals surface area contributed by atoms with E-state index in [1.807, 2.05) is 12.2 Å². The van der Waals surface area contributed by atoms with Gasteiger partial charge in [-0.05, 0) is 31.1 Å². The monoisotopic (exact) mass is 306 g/mol. The van der Waals surface area contributed by atoms with Crippen molar-refractivity contribution >= 4 is 5.78 Å². The van der Waals surface area contributed by atoms with Gasteiger partial charge >= 0.3 is 0 Å². The molecule has 3 fully saturated rings. The predicted octanol–water partition coefficient (Wildman–Crippen LogP) is 3.24. The minimum absolute atomic E-state index is 0.0393. The lowest BCUT2D eigenvalue weighted by Gasteiger charge is -2.53. The fourth-order valence-electron chi connectivity index (χ4n) is 4.89. The second-order valence-corrected chi connectivity index (χ2v) is 8.03. The molecule has 0 saturated heterocycles. The third kappa shape index (κ3) is 3.03. The molecule has 124 valence electrons. The Bertz CT molecular complexity index is 438. The predicted molar refractivity (Wildman–Crippen MR) is 86.3 cm³/mol. The van der Waals surface area contributed by atoms with E-state index in [0.717, 1.165) is 12.8 Å². The number of hydrogen-bond acceptors (Lipinski definition) is 3. The number of rotatable bonds is 4. The van der Waals surface area contributed by atoms with E-state index in [9.17, 15) is 15.0 Å². The zero-order valence-corrected chi connectivity index (χ0v) is 13.7. The standard InChI is InChI=1S/C19H30O3/c1-19-10-9-17(21)15(16(19)12-18(19)22)8-7-14(20)11-13-5-3-2-4-6-13/h7-8,13-17,20-21H,2-6,9-12H2,1H3/t14-,15+,16+,17+,19-/m1/s1. The zero-order chi connectivity index (χ0) is 15.7. The minimum Gasteiger partial charge on any atom is -0.393 e. The summed E-state index contributed by atoms with van der Waals surface area (Å²) in [5, 5.41) is 20.6. The summed E-state index contributed by atoms with van der Waals surface area (Å²) in [7, 11) is 0. The third-order valence-electron chi connectivity index (χ3n) is 6.58. The van der Waals surface area contributed by atoms with E-state index >= 15 is 0 Å². The Labute approximate surface area is 133 Å². The molecular formula is C19H30O3. The summed E-state index contributed by atoms with van der Waals surface area (Å²) in [6.07, 6.45) is 12.5. The van der Waals surface area contributed by atoms with Crippen LogP contribution in [0.15, 0.2) is 12.2 Å². The largest absolute Gasteiger partial charge is 0.393 e. The fourth-order valence-corrected chi connectivity index (χ4v) is 4.89. The average molecular weight is 306 g/mol. The maximum Gasteiger partial charge on any atom is 0.139 e. The first-order valence-corrected chi connectivity index (χ1v) is 9.08. The summed E-state index contributed by atoms with van der Waals surface area (Å²) in [6.45, 7) is 2.05. The van der Waals surface area contributed by atoms with Crippen LogP contribution in [0.5, 0.6) is 0 Å². The Morgan fingerprint density at radius 1 is 1.27 bits per heavy atom. The molecule has 0 spiro atoms. The van der Waals surface area contributed by atoms with Crippen LogP contribution in [0.2, 0.25) is 0 Å². The third-order valence-corrected chi connectivity index (χ3v) is 6.58. The van der Waals surface area contributed by atoms with Gasteiger partial charge in [-0.25, -0.2) is 0 Å². The first-order chi connectivity index (χ1) is 10.5. The quantitative estimate of drug-likeness (QED) is 0.784. The number of aliphatic hydroxyl groups is 2. The van der Waals surface area contributed by atoms with Crippen LogP contribution in [-0.4, -0.2) is 28.2 Å². The molecular weight excluding hydrogens is 276 g/mol. The van der Waals surface area contributed by atoms with E-state index in [4.69, 9.17) is 0 Å². The zero-order valence-electron chi connectivity index (χ0n) is 13.7. The highest BCUT2D eigenvalue weighted by atomic mass is 16.3. The van der Waals surface area contributed by atoms with Gasteiger partial charge in [0.25, 0.3) is 0 Å². The van der Waals surface area contributed by atoms with Gasteiger partial charge in [0.15, 0.2) is 0 Å². The molecule has 22 heavy (non-hydrogen) atoms. The highest BCUT2D eigenvalue weighted by Gasteiger charge is 2.57. The van der Waals surface area contributed by atoms with Crippen molar-refractivity contribution in [2.75, 3.05) is 0 Å². The molecule has 5 atom stereocenters. The van der Waals surface area contributed by atoms with Gasteiger partial charge in [-0.3, -0.25) is 4.79 Å². The minimum atomic E-state index is -0.403. The van der Waals surface area contributed by atoms with Crippen molar-refractivity contribution in [1.82, 2.24) is 0 Å². The lowest BCUT2D eigenvalue weighted by molar-refractivity contribution is -0.157. The molecule has 0 aliphatic heterocycles. The van der Waals surface area contributed by atoms with Crippen molar-refractivity contribution in [3.8, 4) is 0 Å². The smallest absolute Gasteiger partial charge is 0.139 e. The van der Waals surface area contributed by atoms with Gasteiger partial charge in [0.2, 0.25) is 0 Å². The van der Waals surface area contributed by atoms with Gasteiger partial charge in [0.05, 0.1) is 12.2 Å². The number of aliphatic hydroxyl groups excluding tert-OH is 2. The molecule has 3 nitrogen and oxygen atoms in total. The van der Waals surface area contributed by atoms with E-state index < -0.39 is 6.10 Å². The van der Waals surface area contributed by atoms with Crippen molar-refractivity contribution in [1.29, 1.82) is 0 Å². The molecule has 0 bridgehead atoms. The van der Waals surface area contributed by atoms with Crippen LogP contribution in [0.4, 0.5) is 0 Å². The van der Waals surface area contributed by atoms with E-state index in [-0.39, 0.29) is 23.4 Å². The van der Waals surface area contributed by atoms with Gasteiger partial charge < -0.3 is 10.2 Å². The maximum absolute atomic E-state index is 11.9. The molecule has 0 aromatic carbocycles. The van der Waals surface area contributed by atoms with Crippen molar-refractivity contribution in [2.45, 2.75) is 76.9 Å². The summed E-state index contributed by atoms with van der Waals surface area (Å²) >= 11 is 0. The number of carbonyl (C=O) groups is 1. The van der Waals surface area contributed by atoms with Gasteiger partial charge in [-0.2, -0.15) is 0 Å². The maximum atomic E-state index is 11.9. The molecule has 3 aliphatic carbocycles. The molecule has 2 N–H and O–H groups in total. The van der Waals surface area contributed by atoms with E-state index in [2.05, 4.69) is 6.92 Å². The summed E-state index contributed by atoms with van der Waals surface area (Å²) in [6, 6.07) is 0. The molecule has 0 heterocycles. The SMILES string of the molecule is C[C@@]12CC[C@H](O)[C@@H](C=C[C@@H](O)CC3CCCCC3)[C@@H]1CC2=O. The number of Topliss-reactive ketones (excluding diaryl/α,β-unsaturated/α-hetero) is 1. The van der Waals surface area contributed by atoms with Gasteiger partial charge in [0, 0.05) is 17.8 Å². The Balaban J connectivity index is 1.57. The highest BCUT2D eigenvalue weighted by molar-refractivity contribution is 5.91. The number of ketones is 1. The van der Waals surface area contributed by atoms with Crippen LogP contribution in [-0.2, 0) is 4.79 Å². The van der Waals surface area contributed by atoms with Gasteiger partial charge in [-0.15, -0.1) is 0 Å².